The summed E-state index contributed by atoms with van der Waals surface area (Å²) in [6.07, 6.45) is 50.0. The normalized spacial score (nSPS) is 12.2. The molecule has 0 aliphatic heterocycles. The number of esters is 3. The number of unbranched alkanes of at least 4 members (excludes halogenated alkanes) is 24. The average molecular weight is 771 g/mol. The van der Waals surface area contributed by atoms with Crippen molar-refractivity contribution >= 4 is 17.9 Å². The molecule has 0 N–H and O–H groups in total. The molecule has 0 spiro atoms. The van der Waals surface area contributed by atoms with E-state index >= 15 is 0 Å². The van der Waals surface area contributed by atoms with Gasteiger partial charge in [-0.15, -0.1) is 6.58 Å². The van der Waals surface area contributed by atoms with Crippen molar-refractivity contribution in [1.29, 1.82) is 0 Å². The number of rotatable bonds is 42. The molecule has 0 aliphatic rings. The smallest absolute Gasteiger partial charge is 0.306 e. The fourth-order valence-electron chi connectivity index (χ4n) is 6.39. The Morgan fingerprint density at radius 2 is 0.745 bits per heavy atom. The van der Waals surface area contributed by atoms with E-state index in [0.717, 1.165) is 109 Å². The van der Waals surface area contributed by atoms with Crippen LogP contribution >= 0.6 is 0 Å². The van der Waals surface area contributed by atoms with E-state index in [2.05, 4.69) is 56.9 Å². The van der Waals surface area contributed by atoms with Gasteiger partial charge >= 0.3 is 17.9 Å². The SMILES string of the molecule is C=CCCCCCCCC(=O)OCC(COC(=O)CCCCCCC/C=C\CCCCCCCC)OC(=O)CCCCCCC/C=C\C/C=C\CCCCC. The molecular weight excluding hydrogens is 685 g/mol. The van der Waals surface area contributed by atoms with Crippen LogP contribution in [0, 0.1) is 0 Å². The second-order valence-corrected chi connectivity index (χ2v) is 15.4. The minimum absolute atomic E-state index is 0.0889. The molecule has 0 saturated carbocycles. The molecule has 1 atom stereocenters. The van der Waals surface area contributed by atoms with Gasteiger partial charge in [-0.2, -0.15) is 0 Å². The van der Waals surface area contributed by atoms with Crippen LogP contribution in [0.15, 0.2) is 49.1 Å². The van der Waals surface area contributed by atoms with E-state index in [1.807, 2.05) is 6.08 Å². The molecule has 1 unspecified atom stereocenters. The van der Waals surface area contributed by atoms with E-state index in [1.54, 1.807) is 0 Å². The topological polar surface area (TPSA) is 78.9 Å². The van der Waals surface area contributed by atoms with Crippen LogP contribution in [0.25, 0.3) is 0 Å². The maximum atomic E-state index is 12.7. The fourth-order valence-corrected chi connectivity index (χ4v) is 6.39. The van der Waals surface area contributed by atoms with E-state index in [4.69, 9.17) is 14.2 Å². The van der Waals surface area contributed by atoms with Crippen molar-refractivity contribution in [1.82, 2.24) is 0 Å². The Bertz CT molecular complexity index is 966. The molecule has 0 heterocycles. The van der Waals surface area contributed by atoms with Crippen molar-refractivity contribution in [3.05, 3.63) is 49.1 Å². The minimum atomic E-state index is -0.786. The number of carbonyl (C=O) groups is 3. The molecule has 0 radical (unpaired) electrons. The number of carbonyl (C=O) groups excluding carboxylic acids is 3. The first kappa shape index (κ1) is 52.4. The molecule has 0 bridgehead atoms. The van der Waals surface area contributed by atoms with Gasteiger partial charge in [0.15, 0.2) is 6.10 Å². The molecule has 0 rings (SSSR count). The van der Waals surface area contributed by atoms with Crippen LogP contribution in [0.2, 0.25) is 0 Å². The molecule has 0 aromatic heterocycles. The third-order valence-corrected chi connectivity index (χ3v) is 9.92. The average Bonchev–Trinajstić information content (AvgIpc) is 3.18. The number of ether oxygens (including phenoxy) is 3. The first-order valence-corrected chi connectivity index (χ1v) is 23.1. The molecule has 0 saturated heterocycles. The summed E-state index contributed by atoms with van der Waals surface area (Å²) < 4.78 is 16.6. The lowest BCUT2D eigenvalue weighted by atomic mass is 10.1. The van der Waals surface area contributed by atoms with Crippen LogP contribution in [0.3, 0.4) is 0 Å². The lowest BCUT2D eigenvalue weighted by Crippen LogP contribution is -2.30. The Hall–Kier alpha value is -2.63. The lowest BCUT2D eigenvalue weighted by Gasteiger charge is -2.18. The van der Waals surface area contributed by atoms with Crippen molar-refractivity contribution in [2.75, 3.05) is 13.2 Å². The van der Waals surface area contributed by atoms with Crippen molar-refractivity contribution in [2.24, 2.45) is 0 Å². The van der Waals surface area contributed by atoms with Gasteiger partial charge in [-0.25, -0.2) is 0 Å². The third kappa shape index (κ3) is 42.4. The zero-order valence-electron chi connectivity index (χ0n) is 36.0. The predicted octanol–water partition coefficient (Wildman–Crippen LogP) is 14.8. The van der Waals surface area contributed by atoms with Crippen molar-refractivity contribution < 1.29 is 28.6 Å². The molecule has 6 nitrogen and oxygen atoms in total. The van der Waals surface area contributed by atoms with Gasteiger partial charge in [0, 0.05) is 19.3 Å². The molecule has 0 aliphatic carbocycles. The van der Waals surface area contributed by atoms with E-state index in [0.29, 0.717) is 19.3 Å². The number of hydrogen-bond donors (Lipinski definition) is 0. The highest BCUT2D eigenvalue weighted by molar-refractivity contribution is 5.71. The Balaban J connectivity index is 4.33. The first-order chi connectivity index (χ1) is 27.0. The summed E-state index contributed by atoms with van der Waals surface area (Å²) in [5.41, 5.74) is 0. The molecule has 55 heavy (non-hydrogen) atoms. The third-order valence-electron chi connectivity index (χ3n) is 9.92. The molecule has 0 amide bonds. The van der Waals surface area contributed by atoms with Gasteiger partial charge in [-0.3, -0.25) is 14.4 Å². The van der Waals surface area contributed by atoms with Crippen LogP contribution in [0.5, 0.6) is 0 Å². The van der Waals surface area contributed by atoms with Gasteiger partial charge in [-0.05, 0) is 89.9 Å². The van der Waals surface area contributed by atoms with E-state index in [1.165, 1.54) is 83.5 Å². The van der Waals surface area contributed by atoms with Gasteiger partial charge in [0.1, 0.15) is 13.2 Å². The van der Waals surface area contributed by atoms with Crippen LogP contribution in [-0.2, 0) is 28.6 Å². The van der Waals surface area contributed by atoms with E-state index < -0.39 is 6.10 Å². The zero-order chi connectivity index (χ0) is 40.1. The predicted molar refractivity (Wildman–Crippen MR) is 233 cm³/mol. The largest absolute Gasteiger partial charge is 0.462 e. The van der Waals surface area contributed by atoms with E-state index in [9.17, 15) is 14.4 Å². The van der Waals surface area contributed by atoms with Crippen molar-refractivity contribution in [2.45, 2.75) is 232 Å². The second kappa shape index (κ2) is 44.1. The molecule has 6 heteroatoms. The Morgan fingerprint density at radius 3 is 1.18 bits per heavy atom. The van der Waals surface area contributed by atoms with Crippen LogP contribution < -0.4 is 0 Å². The molecule has 318 valence electrons. The van der Waals surface area contributed by atoms with Gasteiger partial charge in [0.25, 0.3) is 0 Å². The highest BCUT2D eigenvalue weighted by Gasteiger charge is 2.19. The van der Waals surface area contributed by atoms with Crippen molar-refractivity contribution in [3.63, 3.8) is 0 Å². The standard InChI is InChI=1S/C49H86O6/c1-4-7-10-13-16-18-20-22-24-26-28-30-33-36-39-42-48(51)54-45-46(44-53-47(50)41-38-35-32-15-12-9-6-3)55-49(52)43-40-37-34-31-29-27-25-23-21-19-17-14-11-8-5-2/h6,17,19,22-25,46H,3-5,7-16,18,20-21,26-45H2,1-2H3/b19-17-,24-22-,25-23-. The maximum Gasteiger partial charge on any atom is 0.306 e. The van der Waals surface area contributed by atoms with Crippen molar-refractivity contribution in [3.8, 4) is 0 Å². The summed E-state index contributed by atoms with van der Waals surface area (Å²) in [7, 11) is 0. The fraction of sp³-hybridized carbons (Fsp3) is 0.776. The molecule has 0 fully saturated rings. The van der Waals surface area contributed by atoms with Gasteiger partial charge in [-0.1, -0.05) is 159 Å². The summed E-state index contributed by atoms with van der Waals surface area (Å²) in [6.45, 7) is 8.07. The summed E-state index contributed by atoms with van der Waals surface area (Å²) in [6, 6.07) is 0. The zero-order valence-corrected chi connectivity index (χ0v) is 36.0. The Kier molecular flexibility index (Phi) is 42.0. The summed E-state index contributed by atoms with van der Waals surface area (Å²) in [5, 5.41) is 0. The monoisotopic (exact) mass is 771 g/mol. The van der Waals surface area contributed by atoms with Gasteiger partial charge in [0.05, 0.1) is 0 Å². The maximum absolute atomic E-state index is 12.7. The molecule has 0 aromatic carbocycles. The summed E-state index contributed by atoms with van der Waals surface area (Å²) >= 11 is 0. The molecule has 0 aromatic rings. The van der Waals surface area contributed by atoms with Crippen LogP contribution in [-0.4, -0.2) is 37.2 Å². The Labute approximate surface area is 339 Å². The molecular formula is C49H86O6. The van der Waals surface area contributed by atoms with Crippen LogP contribution in [0.4, 0.5) is 0 Å². The van der Waals surface area contributed by atoms with Gasteiger partial charge in [0.2, 0.25) is 0 Å². The van der Waals surface area contributed by atoms with Crippen LogP contribution in [0.1, 0.15) is 226 Å². The highest BCUT2D eigenvalue weighted by Crippen LogP contribution is 2.13. The quantitative estimate of drug-likeness (QED) is 0.0266. The Morgan fingerprint density at radius 1 is 0.418 bits per heavy atom. The lowest BCUT2D eigenvalue weighted by molar-refractivity contribution is -0.167. The highest BCUT2D eigenvalue weighted by atomic mass is 16.6. The number of hydrogen-bond acceptors (Lipinski definition) is 6. The van der Waals surface area contributed by atoms with E-state index in [-0.39, 0.29) is 31.1 Å². The second-order valence-electron chi connectivity index (χ2n) is 15.4. The first-order valence-electron chi connectivity index (χ1n) is 23.1. The summed E-state index contributed by atoms with van der Waals surface area (Å²) in [4.78, 5) is 37.6. The minimum Gasteiger partial charge on any atom is -0.462 e. The van der Waals surface area contributed by atoms with Gasteiger partial charge < -0.3 is 14.2 Å². The number of allylic oxidation sites excluding steroid dienone is 7. The summed E-state index contributed by atoms with van der Waals surface area (Å²) in [5.74, 6) is -0.935.